The highest BCUT2D eigenvalue weighted by molar-refractivity contribution is 6.03. The molecule has 3 saturated carbocycles. The minimum Gasteiger partial charge on any atom is -0.459 e. The number of allylic oxidation sites excluding steroid dienone is 1. The minimum atomic E-state index is -0.647. The SMILES string of the molecule is CC(=O)[C@H]1CC[C@H]2[C@@H]3CC=C4C[C@@H](OC(=O)[C@H]5CC(c6ccccc6)=NO5)CC[C@]4(C)[C@H]3CC[C@]12C. The molecule has 5 nitrogen and oxygen atoms in total. The van der Waals surface area contributed by atoms with Gasteiger partial charge in [-0.15, -0.1) is 0 Å². The van der Waals surface area contributed by atoms with Crippen LogP contribution in [0.25, 0.3) is 0 Å². The number of esters is 1. The van der Waals surface area contributed by atoms with Crippen LogP contribution in [0.15, 0.2) is 47.1 Å². The summed E-state index contributed by atoms with van der Waals surface area (Å²) in [5.41, 5.74) is 3.66. The molecular formula is C31H39NO4. The van der Waals surface area contributed by atoms with Gasteiger partial charge in [0.05, 0.1) is 5.71 Å². The van der Waals surface area contributed by atoms with Gasteiger partial charge in [0.2, 0.25) is 6.10 Å². The Hall–Kier alpha value is -2.43. The summed E-state index contributed by atoms with van der Waals surface area (Å²) in [4.78, 5) is 30.8. The van der Waals surface area contributed by atoms with Crippen molar-refractivity contribution in [3.8, 4) is 0 Å². The van der Waals surface area contributed by atoms with Crippen LogP contribution in [-0.4, -0.2) is 29.7 Å². The summed E-state index contributed by atoms with van der Waals surface area (Å²) in [7, 11) is 0. The lowest BCUT2D eigenvalue weighted by Gasteiger charge is -2.58. The van der Waals surface area contributed by atoms with Gasteiger partial charge in [-0.1, -0.05) is 61.0 Å². The molecule has 5 aliphatic rings. The standard InChI is InChI=1S/C31H39NO4/c1-19(33)24-11-12-25-23-10-9-21-17-22(13-15-30(21,2)26(23)14-16-31(24,25)3)35-29(34)28-18-27(32-36-28)20-7-5-4-6-8-20/h4-9,22-26,28H,10-18H2,1-3H3/t22-,23-,24+,25-,26-,28+,30-,31+/m0/s1. The molecule has 1 aliphatic heterocycles. The molecule has 36 heavy (non-hydrogen) atoms. The second-order valence-electron chi connectivity index (χ2n) is 12.5. The molecule has 0 aromatic heterocycles. The Morgan fingerprint density at radius 3 is 2.58 bits per heavy atom. The zero-order chi connectivity index (χ0) is 25.1. The fourth-order valence-electron chi connectivity index (χ4n) is 8.94. The Balaban J connectivity index is 1.11. The Labute approximate surface area is 214 Å². The van der Waals surface area contributed by atoms with Crippen molar-refractivity contribution >= 4 is 17.5 Å². The van der Waals surface area contributed by atoms with Crippen LogP contribution in [0.2, 0.25) is 0 Å². The molecule has 1 heterocycles. The van der Waals surface area contributed by atoms with Crippen molar-refractivity contribution in [3.63, 3.8) is 0 Å². The van der Waals surface area contributed by atoms with Crippen LogP contribution in [-0.2, 0) is 19.2 Å². The van der Waals surface area contributed by atoms with Gasteiger partial charge in [-0.2, -0.15) is 0 Å². The topological polar surface area (TPSA) is 65.0 Å². The van der Waals surface area contributed by atoms with E-state index in [9.17, 15) is 9.59 Å². The number of hydrogen-bond donors (Lipinski definition) is 0. The van der Waals surface area contributed by atoms with Crippen LogP contribution >= 0.6 is 0 Å². The fraction of sp³-hybridized carbons (Fsp3) is 0.645. The van der Waals surface area contributed by atoms with Gasteiger partial charge in [0.15, 0.2) is 0 Å². The number of hydrogen-bond acceptors (Lipinski definition) is 5. The smallest absolute Gasteiger partial charge is 0.350 e. The highest BCUT2D eigenvalue weighted by Gasteiger charge is 2.59. The summed E-state index contributed by atoms with van der Waals surface area (Å²) in [5, 5.41) is 4.15. The van der Waals surface area contributed by atoms with Crippen molar-refractivity contribution in [2.24, 2.45) is 39.7 Å². The number of carbonyl (C=O) groups excluding carboxylic acids is 2. The van der Waals surface area contributed by atoms with Gasteiger partial charge in [-0.05, 0) is 86.0 Å². The second kappa shape index (κ2) is 8.85. The predicted molar refractivity (Wildman–Crippen MR) is 138 cm³/mol. The maximum Gasteiger partial charge on any atom is 0.350 e. The van der Waals surface area contributed by atoms with Crippen molar-refractivity contribution in [2.75, 3.05) is 0 Å². The largest absolute Gasteiger partial charge is 0.459 e. The molecular weight excluding hydrogens is 450 g/mol. The van der Waals surface area contributed by atoms with Crippen molar-refractivity contribution < 1.29 is 19.2 Å². The highest BCUT2D eigenvalue weighted by atomic mass is 16.7. The van der Waals surface area contributed by atoms with Gasteiger partial charge in [0.1, 0.15) is 11.9 Å². The van der Waals surface area contributed by atoms with E-state index < -0.39 is 6.10 Å². The molecule has 4 aliphatic carbocycles. The lowest BCUT2D eigenvalue weighted by Crippen LogP contribution is -2.51. The molecule has 0 bridgehead atoms. The Kier molecular flexibility index (Phi) is 5.88. The maximum absolute atomic E-state index is 12.9. The number of fused-ring (bicyclic) bond motifs is 5. The summed E-state index contributed by atoms with van der Waals surface area (Å²) in [6.07, 6.45) is 10.8. The highest BCUT2D eigenvalue weighted by Crippen LogP contribution is 2.66. The van der Waals surface area contributed by atoms with Crippen LogP contribution in [0.3, 0.4) is 0 Å². The van der Waals surface area contributed by atoms with E-state index in [2.05, 4.69) is 25.1 Å². The number of benzene rings is 1. The van der Waals surface area contributed by atoms with Crippen molar-refractivity contribution in [3.05, 3.63) is 47.5 Å². The van der Waals surface area contributed by atoms with E-state index in [1.54, 1.807) is 6.92 Å². The van der Waals surface area contributed by atoms with Gasteiger partial charge in [-0.3, -0.25) is 4.79 Å². The normalized spacial score (nSPS) is 41.2. The van der Waals surface area contributed by atoms with E-state index in [1.165, 1.54) is 24.8 Å². The first-order valence-corrected chi connectivity index (χ1v) is 14.0. The predicted octanol–water partition coefficient (Wildman–Crippen LogP) is 6.26. The van der Waals surface area contributed by atoms with E-state index in [0.29, 0.717) is 30.0 Å². The number of ether oxygens (including phenoxy) is 1. The van der Waals surface area contributed by atoms with Crippen LogP contribution in [0.5, 0.6) is 0 Å². The van der Waals surface area contributed by atoms with Crippen LogP contribution < -0.4 is 0 Å². The average Bonchev–Trinajstić information content (AvgIpc) is 3.50. The van der Waals surface area contributed by atoms with Crippen molar-refractivity contribution in [1.29, 1.82) is 0 Å². The first kappa shape index (κ1) is 23.9. The van der Waals surface area contributed by atoms with Crippen molar-refractivity contribution in [1.82, 2.24) is 0 Å². The van der Waals surface area contributed by atoms with Gasteiger partial charge in [-0.25, -0.2) is 4.79 Å². The van der Waals surface area contributed by atoms with Gasteiger partial charge >= 0.3 is 5.97 Å². The molecule has 1 aromatic carbocycles. The number of nitrogens with zero attached hydrogens (tertiary/aromatic N) is 1. The summed E-state index contributed by atoms with van der Waals surface area (Å²) in [5.74, 6) is 2.38. The molecule has 1 aromatic rings. The third kappa shape index (κ3) is 3.76. The van der Waals surface area contributed by atoms with Crippen LogP contribution in [0, 0.1) is 34.5 Å². The average molecular weight is 490 g/mol. The quantitative estimate of drug-likeness (QED) is 0.370. The number of ketones is 1. The maximum atomic E-state index is 12.9. The summed E-state index contributed by atoms with van der Waals surface area (Å²) < 4.78 is 6.00. The molecule has 3 fully saturated rings. The van der Waals surface area contributed by atoms with E-state index in [1.807, 2.05) is 30.3 Å². The minimum absolute atomic E-state index is 0.0832. The van der Waals surface area contributed by atoms with E-state index in [0.717, 1.165) is 43.4 Å². The molecule has 0 unspecified atom stereocenters. The monoisotopic (exact) mass is 489 g/mol. The molecule has 192 valence electrons. The van der Waals surface area contributed by atoms with E-state index >= 15 is 0 Å². The van der Waals surface area contributed by atoms with Gasteiger partial charge in [0.25, 0.3) is 0 Å². The number of carbonyl (C=O) groups is 2. The van der Waals surface area contributed by atoms with E-state index in [-0.39, 0.29) is 28.8 Å². The molecule has 6 rings (SSSR count). The lowest BCUT2D eigenvalue weighted by atomic mass is 9.47. The molecule has 0 amide bonds. The zero-order valence-corrected chi connectivity index (χ0v) is 21.9. The molecule has 0 N–H and O–H groups in total. The Morgan fingerprint density at radius 1 is 1.00 bits per heavy atom. The summed E-state index contributed by atoms with van der Waals surface area (Å²) in [6, 6.07) is 9.87. The number of Topliss-reactive ketones (excluding diaryl/α,β-unsaturated/α-hetero) is 1. The summed E-state index contributed by atoms with van der Waals surface area (Å²) >= 11 is 0. The lowest BCUT2D eigenvalue weighted by molar-refractivity contribution is -0.163. The molecule has 5 heteroatoms. The third-order valence-corrected chi connectivity index (χ3v) is 10.9. The van der Waals surface area contributed by atoms with Crippen LogP contribution in [0.4, 0.5) is 0 Å². The fourth-order valence-corrected chi connectivity index (χ4v) is 8.94. The van der Waals surface area contributed by atoms with Crippen LogP contribution in [0.1, 0.15) is 84.1 Å². The first-order chi connectivity index (χ1) is 17.3. The first-order valence-electron chi connectivity index (χ1n) is 14.0. The molecule has 0 radical (unpaired) electrons. The Bertz CT molecular complexity index is 1110. The number of oxime groups is 1. The van der Waals surface area contributed by atoms with E-state index in [4.69, 9.17) is 9.57 Å². The Morgan fingerprint density at radius 2 is 1.81 bits per heavy atom. The molecule has 0 spiro atoms. The second-order valence-corrected chi connectivity index (χ2v) is 12.5. The van der Waals surface area contributed by atoms with Crippen molar-refractivity contribution in [2.45, 2.75) is 90.8 Å². The van der Waals surface area contributed by atoms with Gasteiger partial charge in [0, 0.05) is 18.8 Å². The third-order valence-electron chi connectivity index (χ3n) is 10.9. The molecule has 0 saturated heterocycles. The molecule has 8 atom stereocenters. The zero-order valence-electron chi connectivity index (χ0n) is 21.9. The number of rotatable bonds is 4. The summed E-state index contributed by atoms with van der Waals surface area (Å²) in [6.45, 7) is 6.68. The van der Waals surface area contributed by atoms with Gasteiger partial charge < -0.3 is 9.57 Å².